The Labute approximate surface area is 112 Å². The second kappa shape index (κ2) is 5.89. The van der Waals surface area contributed by atoms with Crippen LogP contribution < -0.4 is 0 Å². The topological polar surface area (TPSA) is 15.7 Å². The quantitative estimate of drug-likeness (QED) is 0.749. The van der Waals surface area contributed by atoms with E-state index in [4.69, 9.17) is 4.74 Å². The molecule has 3 heteroatoms. The van der Waals surface area contributed by atoms with E-state index in [1.165, 1.54) is 19.4 Å². The Morgan fingerprint density at radius 2 is 1.67 bits per heavy atom. The van der Waals surface area contributed by atoms with Gasteiger partial charge in [0.05, 0.1) is 19.3 Å². The van der Waals surface area contributed by atoms with Crippen molar-refractivity contribution in [3.05, 3.63) is 0 Å². The molecule has 2 aliphatic rings. The van der Waals surface area contributed by atoms with Crippen LogP contribution >= 0.6 is 0 Å². The molecular formula is C15H30N2O. The lowest BCUT2D eigenvalue weighted by Gasteiger charge is -2.45. The molecule has 0 N–H and O–H groups in total. The lowest BCUT2D eigenvalue weighted by molar-refractivity contribution is -0.0813. The summed E-state index contributed by atoms with van der Waals surface area (Å²) < 4.78 is 5.38. The first kappa shape index (κ1) is 14.3. The molecule has 2 aliphatic heterocycles. The summed E-state index contributed by atoms with van der Waals surface area (Å²) >= 11 is 0. The Morgan fingerprint density at radius 1 is 1.06 bits per heavy atom. The number of ether oxygens (including phenoxy) is 1. The van der Waals surface area contributed by atoms with Gasteiger partial charge in [-0.15, -0.1) is 0 Å². The lowest BCUT2D eigenvalue weighted by Crippen LogP contribution is -2.58. The highest BCUT2D eigenvalue weighted by Crippen LogP contribution is 2.29. The van der Waals surface area contributed by atoms with E-state index < -0.39 is 0 Å². The molecule has 0 saturated carbocycles. The SMILES string of the molecule is CC(C)N(C(C)C)C(C)[C@@H]1CCCN1C1COC1. The largest absolute Gasteiger partial charge is 0.378 e. The predicted molar refractivity (Wildman–Crippen MR) is 75.9 cm³/mol. The van der Waals surface area contributed by atoms with Crippen molar-refractivity contribution in [2.75, 3.05) is 19.8 Å². The van der Waals surface area contributed by atoms with E-state index >= 15 is 0 Å². The minimum Gasteiger partial charge on any atom is -0.378 e. The van der Waals surface area contributed by atoms with Crippen LogP contribution in [0, 0.1) is 0 Å². The highest BCUT2D eigenvalue weighted by Gasteiger charge is 2.39. The van der Waals surface area contributed by atoms with Gasteiger partial charge in [-0.3, -0.25) is 9.80 Å². The molecule has 2 heterocycles. The third-order valence-electron chi connectivity index (χ3n) is 4.65. The van der Waals surface area contributed by atoms with Crippen LogP contribution in [0.1, 0.15) is 47.5 Å². The molecule has 0 radical (unpaired) electrons. The van der Waals surface area contributed by atoms with Gasteiger partial charge in [0.15, 0.2) is 0 Å². The molecule has 2 rings (SSSR count). The molecule has 0 amide bonds. The Balaban J connectivity index is 2.03. The Hall–Kier alpha value is -0.120. The molecule has 0 aromatic carbocycles. The summed E-state index contributed by atoms with van der Waals surface area (Å²) in [5, 5.41) is 0. The molecule has 3 nitrogen and oxygen atoms in total. The standard InChI is InChI=1S/C15H30N2O/c1-11(2)17(12(3)4)13(5)15-7-6-8-16(15)14-9-18-10-14/h11-15H,6-10H2,1-5H3/t13?,15-/m0/s1. The van der Waals surface area contributed by atoms with E-state index in [1.807, 2.05) is 0 Å². The average Bonchev–Trinajstić information content (AvgIpc) is 2.62. The number of nitrogens with zero attached hydrogens (tertiary/aromatic N) is 2. The fraction of sp³-hybridized carbons (Fsp3) is 1.00. The predicted octanol–water partition coefficient (Wildman–Crippen LogP) is 2.36. The van der Waals surface area contributed by atoms with Crippen molar-refractivity contribution in [2.45, 2.75) is 77.7 Å². The normalized spacial score (nSPS) is 28.3. The Bertz CT molecular complexity index is 255. The molecule has 0 aromatic rings. The molecule has 1 unspecified atom stereocenters. The number of likely N-dealkylation sites (tertiary alicyclic amines) is 1. The monoisotopic (exact) mass is 254 g/mol. The molecule has 0 bridgehead atoms. The van der Waals surface area contributed by atoms with Crippen molar-refractivity contribution in [1.82, 2.24) is 9.80 Å². The van der Waals surface area contributed by atoms with Crippen LogP contribution in [0.2, 0.25) is 0 Å². The first-order valence-electron chi connectivity index (χ1n) is 7.63. The molecular weight excluding hydrogens is 224 g/mol. The molecule has 18 heavy (non-hydrogen) atoms. The number of hydrogen-bond acceptors (Lipinski definition) is 3. The maximum Gasteiger partial charge on any atom is 0.0645 e. The second-order valence-corrected chi connectivity index (χ2v) is 6.51. The van der Waals surface area contributed by atoms with Crippen LogP contribution in [0.15, 0.2) is 0 Å². The van der Waals surface area contributed by atoms with Crippen molar-refractivity contribution in [1.29, 1.82) is 0 Å². The summed E-state index contributed by atoms with van der Waals surface area (Å²) in [5.41, 5.74) is 0. The zero-order chi connectivity index (χ0) is 13.3. The number of hydrogen-bond donors (Lipinski definition) is 0. The van der Waals surface area contributed by atoms with Crippen molar-refractivity contribution in [3.8, 4) is 0 Å². The molecule has 2 fully saturated rings. The van der Waals surface area contributed by atoms with E-state index in [0.717, 1.165) is 19.3 Å². The highest BCUT2D eigenvalue weighted by atomic mass is 16.5. The van der Waals surface area contributed by atoms with E-state index in [2.05, 4.69) is 44.4 Å². The van der Waals surface area contributed by atoms with Crippen LogP contribution in [0.25, 0.3) is 0 Å². The van der Waals surface area contributed by atoms with Crippen LogP contribution in [-0.4, -0.2) is 59.8 Å². The van der Waals surface area contributed by atoms with Gasteiger partial charge in [0.1, 0.15) is 0 Å². The summed E-state index contributed by atoms with van der Waals surface area (Å²) in [6.07, 6.45) is 2.71. The van der Waals surface area contributed by atoms with E-state index in [1.54, 1.807) is 0 Å². The molecule has 106 valence electrons. The first-order chi connectivity index (χ1) is 8.52. The second-order valence-electron chi connectivity index (χ2n) is 6.51. The van der Waals surface area contributed by atoms with Gasteiger partial charge in [-0.25, -0.2) is 0 Å². The van der Waals surface area contributed by atoms with Crippen molar-refractivity contribution in [3.63, 3.8) is 0 Å². The van der Waals surface area contributed by atoms with Gasteiger partial charge in [0.2, 0.25) is 0 Å². The van der Waals surface area contributed by atoms with Crippen LogP contribution in [0.3, 0.4) is 0 Å². The van der Waals surface area contributed by atoms with Crippen molar-refractivity contribution >= 4 is 0 Å². The Morgan fingerprint density at radius 3 is 2.11 bits per heavy atom. The zero-order valence-electron chi connectivity index (χ0n) is 12.7. The summed E-state index contributed by atoms with van der Waals surface area (Å²) in [6, 6.07) is 3.32. The zero-order valence-corrected chi connectivity index (χ0v) is 12.7. The highest BCUT2D eigenvalue weighted by molar-refractivity contribution is 4.94. The van der Waals surface area contributed by atoms with Gasteiger partial charge >= 0.3 is 0 Å². The van der Waals surface area contributed by atoms with Crippen LogP contribution in [0.5, 0.6) is 0 Å². The summed E-state index contributed by atoms with van der Waals surface area (Å²) in [4.78, 5) is 5.38. The smallest absolute Gasteiger partial charge is 0.0645 e. The summed E-state index contributed by atoms with van der Waals surface area (Å²) in [6.45, 7) is 14.9. The number of rotatable bonds is 5. The van der Waals surface area contributed by atoms with E-state index in [0.29, 0.717) is 24.2 Å². The maximum atomic E-state index is 5.38. The first-order valence-corrected chi connectivity index (χ1v) is 7.63. The third-order valence-corrected chi connectivity index (χ3v) is 4.65. The van der Waals surface area contributed by atoms with Gasteiger partial charge in [-0.05, 0) is 54.0 Å². The summed E-state index contributed by atoms with van der Waals surface area (Å²) in [7, 11) is 0. The molecule has 0 aromatic heterocycles. The van der Waals surface area contributed by atoms with Gasteiger partial charge in [0.25, 0.3) is 0 Å². The fourth-order valence-electron chi connectivity index (χ4n) is 3.94. The minimum absolute atomic E-state index is 0.625. The summed E-state index contributed by atoms with van der Waals surface area (Å²) in [5.74, 6) is 0. The van der Waals surface area contributed by atoms with Crippen molar-refractivity contribution < 1.29 is 4.74 Å². The van der Waals surface area contributed by atoms with E-state index in [-0.39, 0.29) is 0 Å². The van der Waals surface area contributed by atoms with Gasteiger partial charge < -0.3 is 4.74 Å². The van der Waals surface area contributed by atoms with Crippen molar-refractivity contribution in [2.24, 2.45) is 0 Å². The van der Waals surface area contributed by atoms with Gasteiger partial charge in [-0.1, -0.05) is 0 Å². The molecule has 2 atom stereocenters. The average molecular weight is 254 g/mol. The van der Waals surface area contributed by atoms with Crippen LogP contribution in [0.4, 0.5) is 0 Å². The van der Waals surface area contributed by atoms with Gasteiger partial charge in [0, 0.05) is 24.2 Å². The fourth-order valence-corrected chi connectivity index (χ4v) is 3.94. The third kappa shape index (κ3) is 2.73. The maximum absolute atomic E-state index is 5.38. The Kier molecular flexibility index (Phi) is 4.68. The minimum atomic E-state index is 0.625. The van der Waals surface area contributed by atoms with Crippen LogP contribution in [-0.2, 0) is 4.74 Å². The molecule has 0 spiro atoms. The molecule has 2 saturated heterocycles. The van der Waals surface area contributed by atoms with E-state index in [9.17, 15) is 0 Å². The lowest BCUT2D eigenvalue weighted by atomic mass is 10.0. The van der Waals surface area contributed by atoms with Gasteiger partial charge in [-0.2, -0.15) is 0 Å². The molecule has 0 aliphatic carbocycles.